The lowest BCUT2D eigenvalue weighted by atomic mass is 9.73. The number of aromatic amines is 1. The molecule has 2 aromatic carbocycles. The number of aromatic nitrogens is 5. The molecular weight excluding hydrogens is 652 g/mol. The Hall–Kier alpha value is -4.32. The number of ether oxygens (including phenoxy) is 3. The van der Waals surface area contributed by atoms with Crippen LogP contribution in [0.3, 0.4) is 0 Å². The van der Waals surface area contributed by atoms with Gasteiger partial charge in [0.05, 0.1) is 24.9 Å². The topological polar surface area (TPSA) is 163 Å². The van der Waals surface area contributed by atoms with Crippen molar-refractivity contribution in [3.8, 4) is 11.9 Å². The number of nitrogens with zero attached hydrogens (tertiary/aromatic N) is 5. The first-order valence-electron chi connectivity index (χ1n) is 16.3. The number of aliphatic hydroxyl groups is 1. The molecule has 0 saturated carbocycles. The zero-order valence-electron chi connectivity index (χ0n) is 28.5. The summed E-state index contributed by atoms with van der Waals surface area (Å²) in [5.41, 5.74) is -0.957. The Balaban J connectivity index is 0.000000181. The maximum absolute atomic E-state index is 11.4. The van der Waals surface area contributed by atoms with E-state index in [1.165, 1.54) is 19.0 Å². The third-order valence-corrected chi connectivity index (χ3v) is 11.5. The number of H-pyrrole nitrogens is 1. The van der Waals surface area contributed by atoms with Crippen molar-refractivity contribution in [3.63, 3.8) is 0 Å². The fourth-order valence-electron chi connectivity index (χ4n) is 5.22. The first-order chi connectivity index (χ1) is 23.9. The van der Waals surface area contributed by atoms with Crippen LogP contribution in [0.1, 0.15) is 45.7 Å². The number of benzene rings is 2. The zero-order chi connectivity index (χ0) is 35.8. The van der Waals surface area contributed by atoms with Crippen molar-refractivity contribution >= 4 is 48.7 Å². The number of anilines is 2. The highest BCUT2D eigenvalue weighted by Gasteiger charge is 2.38. The molecule has 5 heterocycles. The van der Waals surface area contributed by atoms with E-state index in [4.69, 9.17) is 35.2 Å². The van der Waals surface area contributed by atoms with Crippen molar-refractivity contribution in [2.45, 2.75) is 66.2 Å². The average molecular weight is 693 g/mol. The summed E-state index contributed by atoms with van der Waals surface area (Å²) in [6.45, 7) is 9.33. The summed E-state index contributed by atoms with van der Waals surface area (Å²) in [4.78, 5) is 13.4. The van der Waals surface area contributed by atoms with E-state index in [1.807, 2.05) is 66.7 Å². The smallest absolute Gasteiger partial charge is 0.257 e. The number of nitriles is 1. The van der Waals surface area contributed by atoms with Gasteiger partial charge in [-0.25, -0.2) is 4.98 Å². The summed E-state index contributed by atoms with van der Waals surface area (Å²) in [7, 11) is 8.97. The molecule has 2 fully saturated rings. The predicted molar refractivity (Wildman–Crippen MR) is 195 cm³/mol. The molecule has 5 aromatic rings. The van der Waals surface area contributed by atoms with Gasteiger partial charge in [-0.05, 0) is 63.9 Å². The van der Waals surface area contributed by atoms with E-state index in [1.54, 1.807) is 12.3 Å². The Morgan fingerprint density at radius 3 is 2.16 bits per heavy atom. The molecule has 15 heteroatoms. The van der Waals surface area contributed by atoms with Gasteiger partial charge in [0, 0.05) is 45.8 Å². The van der Waals surface area contributed by atoms with E-state index in [0.717, 1.165) is 27.7 Å². The third-order valence-electron chi connectivity index (χ3n) is 7.83. The van der Waals surface area contributed by atoms with Gasteiger partial charge in [-0.3, -0.25) is 4.68 Å². The SMILES string of the molecule is C1CCOC1.CC(C)(C)S(O)(c1ccccc1)c1ccccc1.[B]C([B])(O)n1cc(Nc2ncc3cc(C#N)[nH]c3n2)c(OC2CCOC2)n1. The second-order valence-corrected chi connectivity index (χ2v) is 16.1. The monoisotopic (exact) mass is 693 g/mol. The Labute approximate surface area is 296 Å². The van der Waals surface area contributed by atoms with Crippen molar-refractivity contribution in [2.75, 3.05) is 31.7 Å². The van der Waals surface area contributed by atoms with Crippen LogP contribution in [-0.4, -0.2) is 87.4 Å². The van der Waals surface area contributed by atoms with Crippen LogP contribution < -0.4 is 10.1 Å². The first kappa shape index (κ1) is 36.9. The molecule has 0 spiro atoms. The summed E-state index contributed by atoms with van der Waals surface area (Å²) in [6, 6.07) is 23.7. The molecule has 0 bridgehead atoms. The molecule has 4 N–H and O–H groups in total. The maximum Gasteiger partial charge on any atom is 0.257 e. The molecule has 2 aliphatic heterocycles. The normalized spacial score (nSPS) is 16.4. The largest absolute Gasteiger partial charge is 0.469 e. The minimum absolute atomic E-state index is 0.174. The van der Waals surface area contributed by atoms with Gasteiger partial charge in [0.2, 0.25) is 5.95 Å². The number of hydrogen-bond donors (Lipinski definition) is 4. The molecule has 50 heavy (non-hydrogen) atoms. The summed E-state index contributed by atoms with van der Waals surface area (Å²) >= 11 is 0. The van der Waals surface area contributed by atoms with Crippen molar-refractivity contribution in [1.82, 2.24) is 24.7 Å². The summed E-state index contributed by atoms with van der Waals surface area (Å²) in [5, 5.41) is 26.5. The number of hydrogen-bond acceptors (Lipinski definition) is 10. The summed E-state index contributed by atoms with van der Waals surface area (Å²) in [5.74, 6) is 0.409. The molecular formula is C35H41B2N7O5S. The molecule has 2 saturated heterocycles. The lowest BCUT2D eigenvalue weighted by molar-refractivity contribution is 0.116. The first-order valence-corrected chi connectivity index (χ1v) is 17.9. The van der Waals surface area contributed by atoms with Crippen LogP contribution in [0, 0.1) is 11.3 Å². The van der Waals surface area contributed by atoms with Gasteiger partial charge in [0.25, 0.3) is 5.88 Å². The van der Waals surface area contributed by atoms with Crippen LogP contribution in [0.5, 0.6) is 5.88 Å². The van der Waals surface area contributed by atoms with Gasteiger partial charge in [0.15, 0.2) is 0 Å². The molecule has 4 radical (unpaired) electrons. The lowest BCUT2D eigenvalue weighted by Gasteiger charge is -2.46. The highest BCUT2D eigenvalue weighted by Crippen LogP contribution is 2.67. The quantitative estimate of drug-likeness (QED) is 0.153. The Kier molecular flexibility index (Phi) is 11.9. The van der Waals surface area contributed by atoms with Gasteiger partial charge >= 0.3 is 0 Å². The van der Waals surface area contributed by atoms with Crippen molar-refractivity contribution in [2.24, 2.45) is 0 Å². The maximum atomic E-state index is 11.4. The molecule has 1 atom stereocenters. The standard InChI is InChI=1S/C16H20OS.C15H13B2N7O3.C4H8O/c1-16(2,3)18(17,14-10-6-4-7-11-14)15-12-8-5-9-13-15;16-15(17,25)24-6-11(13(23-24)27-10-1-2-26-7-10)21-14-19-5-8-3-9(4-18)20-12(8)22-14;1-2-4-5-3-1/h4-13,17H,1-3H3;3,5-6,10,25H,1-2,7H2,(H2,19,20,21,22);1-4H2. The van der Waals surface area contributed by atoms with Crippen LogP contribution in [-0.2, 0) is 15.0 Å². The lowest BCUT2D eigenvalue weighted by Crippen LogP contribution is -2.34. The molecule has 1 unspecified atom stereocenters. The molecule has 258 valence electrons. The van der Waals surface area contributed by atoms with E-state index in [9.17, 15) is 9.66 Å². The Bertz CT molecular complexity index is 1810. The van der Waals surface area contributed by atoms with E-state index in [-0.39, 0.29) is 22.7 Å². The van der Waals surface area contributed by atoms with Crippen molar-refractivity contribution in [1.29, 1.82) is 5.26 Å². The van der Waals surface area contributed by atoms with Crippen LogP contribution in [0.15, 0.2) is 88.9 Å². The molecule has 0 aliphatic carbocycles. The van der Waals surface area contributed by atoms with E-state index < -0.39 is 15.8 Å². The number of fused-ring (bicyclic) bond motifs is 1. The van der Waals surface area contributed by atoms with Gasteiger partial charge < -0.3 is 34.2 Å². The molecule has 3 aromatic heterocycles. The average Bonchev–Trinajstić information content (AvgIpc) is 3.94. The van der Waals surface area contributed by atoms with Crippen LogP contribution in [0.2, 0.25) is 0 Å². The third kappa shape index (κ3) is 9.07. The number of nitrogens with one attached hydrogen (secondary N) is 2. The highest BCUT2D eigenvalue weighted by atomic mass is 32.3. The van der Waals surface area contributed by atoms with E-state index in [2.05, 4.69) is 46.1 Å². The summed E-state index contributed by atoms with van der Waals surface area (Å²) < 4.78 is 28.2. The van der Waals surface area contributed by atoms with Crippen LogP contribution >= 0.6 is 10.3 Å². The van der Waals surface area contributed by atoms with Gasteiger partial charge in [-0.15, -0.1) is 5.10 Å². The zero-order valence-corrected chi connectivity index (χ0v) is 29.3. The molecule has 7 rings (SSSR count). The minimum atomic E-state index is -2.20. The Morgan fingerprint density at radius 2 is 1.66 bits per heavy atom. The van der Waals surface area contributed by atoms with Crippen molar-refractivity contribution in [3.05, 3.63) is 84.8 Å². The van der Waals surface area contributed by atoms with Crippen LogP contribution in [0.25, 0.3) is 11.0 Å². The van der Waals surface area contributed by atoms with Gasteiger partial charge in [-0.2, -0.15) is 10.2 Å². The molecule has 12 nitrogen and oxygen atoms in total. The minimum Gasteiger partial charge on any atom is -0.469 e. The van der Waals surface area contributed by atoms with Crippen molar-refractivity contribution < 1.29 is 23.9 Å². The number of rotatable bonds is 7. The molecule has 2 aliphatic rings. The predicted octanol–water partition coefficient (Wildman–Crippen LogP) is 5.81. The molecule has 0 amide bonds. The fourth-order valence-corrected chi connectivity index (χ4v) is 8.01. The Morgan fingerprint density at radius 1 is 1.02 bits per heavy atom. The second-order valence-electron chi connectivity index (χ2n) is 12.7. The van der Waals surface area contributed by atoms with Gasteiger partial charge in [0.1, 0.15) is 44.9 Å². The van der Waals surface area contributed by atoms with E-state index >= 15 is 0 Å². The fraction of sp³-hybridized carbons (Fsp3) is 0.371. The summed E-state index contributed by atoms with van der Waals surface area (Å²) in [6.07, 6.45) is 6.04. The highest BCUT2D eigenvalue weighted by molar-refractivity contribution is 8.30. The van der Waals surface area contributed by atoms with Crippen LogP contribution in [0.4, 0.5) is 11.6 Å². The van der Waals surface area contributed by atoms with E-state index in [0.29, 0.717) is 42.0 Å². The second kappa shape index (κ2) is 16.1. The van der Waals surface area contributed by atoms with Gasteiger partial charge in [-0.1, -0.05) is 46.7 Å².